The highest BCUT2D eigenvalue weighted by molar-refractivity contribution is 5.97. The molecule has 0 aliphatic heterocycles. The summed E-state index contributed by atoms with van der Waals surface area (Å²) in [6.07, 6.45) is 2.17. The van der Waals surface area contributed by atoms with Gasteiger partial charge in [0.25, 0.3) is 0 Å². The minimum absolute atomic E-state index is 0.0856. The largest absolute Gasteiger partial charge is 0.292 e. The molecule has 0 atom stereocenters. The van der Waals surface area contributed by atoms with Gasteiger partial charge in [-0.05, 0) is 44.4 Å². The van der Waals surface area contributed by atoms with Gasteiger partial charge in [0, 0.05) is 12.6 Å². The Labute approximate surface area is 114 Å². The average Bonchev–Trinajstić information content (AvgIpc) is 2.26. The molecule has 0 N–H and O–H groups in total. The van der Waals surface area contributed by atoms with Gasteiger partial charge in [-0.3, -0.25) is 9.78 Å². The van der Waals surface area contributed by atoms with Gasteiger partial charge in [-0.15, -0.1) is 0 Å². The first-order chi connectivity index (χ1) is 8.95. The van der Waals surface area contributed by atoms with E-state index in [0.29, 0.717) is 12.1 Å². The van der Waals surface area contributed by atoms with Crippen LogP contribution in [0.5, 0.6) is 0 Å². The molecule has 19 heavy (non-hydrogen) atoms. The number of hydrogen-bond donors (Lipinski definition) is 0. The molecule has 0 unspecified atom stereocenters. The third-order valence-corrected chi connectivity index (χ3v) is 3.13. The van der Waals surface area contributed by atoms with Gasteiger partial charge in [-0.1, -0.05) is 35.4 Å². The molecule has 1 aromatic heterocycles. The lowest BCUT2D eigenvalue weighted by Crippen LogP contribution is -2.08. The summed E-state index contributed by atoms with van der Waals surface area (Å²) in [5, 5.41) is 0. The van der Waals surface area contributed by atoms with Crippen LogP contribution in [-0.4, -0.2) is 10.8 Å². The second kappa shape index (κ2) is 5.35. The monoisotopic (exact) mass is 253 g/mol. The average molecular weight is 253 g/mol. The summed E-state index contributed by atoms with van der Waals surface area (Å²) in [5.74, 6) is 0.0856. The summed E-state index contributed by atoms with van der Waals surface area (Å²) in [7, 11) is 0. The van der Waals surface area contributed by atoms with Crippen molar-refractivity contribution < 1.29 is 4.79 Å². The highest BCUT2D eigenvalue weighted by Crippen LogP contribution is 2.14. The van der Waals surface area contributed by atoms with Gasteiger partial charge in [0.2, 0.25) is 0 Å². The SMILES string of the molecule is Cc1cc(C)cc(CC(=O)c2ncc(C)cc2C)c1. The zero-order valence-electron chi connectivity index (χ0n) is 11.9. The number of Topliss-reactive ketones (excluding diaryl/α,β-unsaturated/α-hetero) is 1. The molecule has 0 spiro atoms. The van der Waals surface area contributed by atoms with Gasteiger partial charge >= 0.3 is 0 Å². The molecule has 98 valence electrons. The van der Waals surface area contributed by atoms with Crippen LogP contribution in [0.4, 0.5) is 0 Å². The number of nitrogens with zero attached hydrogens (tertiary/aromatic N) is 1. The van der Waals surface area contributed by atoms with Crippen molar-refractivity contribution in [2.45, 2.75) is 34.1 Å². The Morgan fingerprint density at radius 1 is 0.947 bits per heavy atom. The van der Waals surface area contributed by atoms with Crippen LogP contribution in [0.2, 0.25) is 0 Å². The molecule has 1 heterocycles. The number of aromatic nitrogens is 1. The van der Waals surface area contributed by atoms with Gasteiger partial charge < -0.3 is 0 Å². The first-order valence-corrected chi connectivity index (χ1v) is 6.49. The zero-order valence-corrected chi connectivity index (χ0v) is 11.9. The molecule has 1 aromatic carbocycles. The summed E-state index contributed by atoms with van der Waals surface area (Å²) in [6.45, 7) is 8.03. The van der Waals surface area contributed by atoms with Crippen molar-refractivity contribution in [3.05, 3.63) is 64.0 Å². The Morgan fingerprint density at radius 2 is 1.58 bits per heavy atom. The first kappa shape index (κ1) is 13.5. The number of aryl methyl sites for hydroxylation is 4. The summed E-state index contributed by atoms with van der Waals surface area (Å²) >= 11 is 0. The molecule has 0 bridgehead atoms. The Kier molecular flexibility index (Phi) is 3.79. The highest BCUT2D eigenvalue weighted by Gasteiger charge is 2.12. The standard InChI is InChI=1S/C17H19NO/c1-11-5-12(2)8-15(7-11)9-16(19)17-14(4)6-13(3)10-18-17/h5-8,10H,9H2,1-4H3. The predicted molar refractivity (Wildman–Crippen MR) is 77.7 cm³/mol. The van der Waals surface area contributed by atoms with Crippen LogP contribution >= 0.6 is 0 Å². The number of rotatable bonds is 3. The van der Waals surface area contributed by atoms with Crippen molar-refractivity contribution in [2.24, 2.45) is 0 Å². The number of benzene rings is 1. The third kappa shape index (κ3) is 3.28. The molecule has 0 amide bonds. The van der Waals surface area contributed by atoms with Gasteiger partial charge in [-0.25, -0.2) is 0 Å². The maximum absolute atomic E-state index is 12.3. The Hall–Kier alpha value is -1.96. The summed E-state index contributed by atoms with van der Waals surface area (Å²) < 4.78 is 0. The molecule has 0 aliphatic carbocycles. The van der Waals surface area contributed by atoms with E-state index in [1.165, 1.54) is 11.1 Å². The van der Waals surface area contributed by atoms with Gasteiger partial charge in [0.1, 0.15) is 5.69 Å². The topological polar surface area (TPSA) is 30.0 Å². The Bertz CT molecular complexity index is 609. The lowest BCUT2D eigenvalue weighted by Gasteiger charge is -2.07. The lowest BCUT2D eigenvalue weighted by atomic mass is 10.00. The number of carbonyl (C=O) groups excluding carboxylic acids is 1. The second-order valence-electron chi connectivity index (χ2n) is 5.27. The number of pyridine rings is 1. The van der Waals surface area contributed by atoms with Crippen LogP contribution in [0.25, 0.3) is 0 Å². The maximum atomic E-state index is 12.3. The van der Waals surface area contributed by atoms with Crippen LogP contribution in [0.1, 0.15) is 38.3 Å². The Balaban J connectivity index is 2.25. The van der Waals surface area contributed by atoms with Gasteiger partial charge in [0.15, 0.2) is 5.78 Å². The fourth-order valence-corrected chi connectivity index (χ4v) is 2.45. The van der Waals surface area contributed by atoms with E-state index < -0.39 is 0 Å². The van der Waals surface area contributed by atoms with Crippen LogP contribution in [0.15, 0.2) is 30.5 Å². The van der Waals surface area contributed by atoms with Crippen molar-refractivity contribution in [1.82, 2.24) is 4.98 Å². The highest BCUT2D eigenvalue weighted by atomic mass is 16.1. The zero-order chi connectivity index (χ0) is 14.0. The van der Waals surface area contributed by atoms with E-state index in [0.717, 1.165) is 16.7 Å². The van der Waals surface area contributed by atoms with E-state index in [2.05, 4.69) is 37.0 Å². The normalized spacial score (nSPS) is 10.5. The quantitative estimate of drug-likeness (QED) is 0.780. The van der Waals surface area contributed by atoms with Crippen LogP contribution in [-0.2, 0) is 6.42 Å². The van der Waals surface area contributed by atoms with E-state index in [9.17, 15) is 4.79 Å². The van der Waals surface area contributed by atoms with E-state index in [-0.39, 0.29) is 5.78 Å². The molecule has 0 radical (unpaired) electrons. The molecular formula is C17H19NO. The van der Waals surface area contributed by atoms with Crippen LogP contribution in [0, 0.1) is 27.7 Å². The minimum Gasteiger partial charge on any atom is -0.292 e. The molecule has 0 saturated heterocycles. The van der Waals surface area contributed by atoms with Crippen molar-refractivity contribution in [1.29, 1.82) is 0 Å². The van der Waals surface area contributed by atoms with Crippen molar-refractivity contribution in [3.8, 4) is 0 Å². The summed E-state index contributed by atoms with van der Waals surface area (Å²) in [4.78, 5) is 16.6. The molecule has 0 saturated carbocycles. The minimum atomic E-state index is 0.0856. The molecule has 2 aromatic rings. The summed E-state index contributed by atoms with van der Waals surface area (Å²) in [5.41, 5.74) is 6.07. The van der Waals surface area contributed by atoms with Gasteiger partial charge in [0.05, 0.1) is 0 Å². The fraction of sp³-hybridized carbons (Fsp3) is 0.294. The van der Waals surface area contributed by atoms with Crippen molar-refractivity contribution in [2.75, 3.05) is 0 Å². The fourth-order valence-electron chi connectivity index (χ4n) is 2.45. The third-order valence-electron chi connectivity index (χ3n) is 3.13. The molecule has 2 heteroatoms. The van der Waals surface area contributed by atoms with E-state index >= 15 is 0 Å². The predicted octanol–water partition coefficient (Wildman–Crippen LogP) is 3.74. The van der Waals surface area contributed by atoms with Crippen molar-refractivity contribution in [3.63, 3.8) is 0 Å². The first-order valence-electron chi connectivity index (χ1n) is 6.49. The number of hydrogen-bond acceptors (Lipinski definition) is 2. The lowest BCUT2D eigenvalue weighted by molar-refractivity contribution is 0.0987. The van der Waals surface area contributed by atoms with E-state index in [4.69, 9.17) is 0 Å². The molecule has 0 fully saturated rings. The van der Waals surface area contributed by atoms with E-state index in [1.807, 2.05) is 19.9 Å². The molecule has 2 rings (SSSR count). The number of ketones is 1. The van der Waals surface area contributed by atoms with Gasteiger partial charge in [-0.2, -0.15) is 0 Å². The van der Waals surface area contributed by atoms with E-state index in [1.54, 1.807) is 6.20 Å². The van der Waals surface area contributed by atoms with Crippen LogP contribution < -0.4 is 0 Å². The maximum Gasteiger partial charge on any atom is 0.185 e. The smallest absolute Gasteiger partial charge is 0.185 e. The number of carbonyl (C=O) groups is 1. The molecule has 2 nitrogen and oxygen atoms in total. The summed E-state index contributed by atoms with van der Waals surface area (Å²) in [6, 6.07) is 8.24. The second-order valence-corrected chi connectivity index (χ2v) is 5.27. The molecule has 0 aliphatic rings. The Morgan fingerprint density at radius 3 is 2.16 bits per heavy atom. The van der Waals surface area contributed by atoms with Crippen molar-refractivity contribution >= 4 is 5.78 Å². The van der Waals surface area contributed by atoms with Crippen LogP contribution in [0.3, 0.4) is 0 Å². The molecular weight excluding hydrogens is 234 g/mol.